The zero-order valence-corrected chi connectivity index (χ0v) is 7.99. The Morgan fingerprint density at radius 1 is 0.722 bits per heavy atom. The third-order valence-electron chi connectivity index (χ3n) is 1.44. The summed E-state index contributed by atoms with van der Waals surface area (Å²) < 4.78 is 95.0. The van der Waals surface area contributed by atoms with Crippen LogP contribution in [0.25, 0.3) is 0 Å². The van der Waals surface area contributed by atoms with Gasteiger partial charge in [0.1, 0.15) is 0 Å². The van der Waals surface area contributed by atoms with E-state index in [1.807, 2.05) is 0 Å². The summed E-state index contributed by atoms with van der Waals surface area (Å²) >= 11 is 0. The van der Waals surface area contributed by atoms with Crippen LogP contribution in [0.1, 0.15) is 0 Å². The molecule has 0 rings (SSSR count). The van der Waals surface area contributed by atoms with E-state index < -0.39 is 36.5 Å². The van der Waals surface area contributed by atoms with Crippen LogP contribution in [0.2, 0.25) is 0 Å². The molecule has 106 valence electrons. The molecule has 0 saturated heterocycles. The maximum absolute atomic E-state index is 12.2. The third-order valence-corrected chi connectivity index (χ3v) is 1.44. The Morgan fingerprint density at radius 3 is 1.11 bits per heavy atom. The summed E-state index contributed by atoms with van der Waals surface area (Å²) in [6.45, 7) is 0. The van der Waals surface area contributed by atoms with Gasteiger partial charge in [-0.3, -0.25) is 20.4 Å². The molecule has 0 aromatic rings. The standard InChI is InChI=1S/C6H4F8N2O2/c7-1(8)5(11,12)3(17)15-16-4(18)6(13,14)2(9)10/h1-2H,(H,15,17)(H,16,18). The molecule has 2 N–H and O–H groups in total. The molecule has 18 heavy (non-hydrogen) atoms. The summed E-state index contributed by atoms with van der Waals surface area (Å²) in [5.74, 6) is -16.2. The number of hydrogen-bond acceptors (Lipinski definition) is 2. The lowest BCUT2D eigenvalue weighted by Crippen LogP contribution is -2.56. The summed E-state index contributed by atoms with van der Waals surface area (Å²) in [6.07, 6.45) is -8.94. The summed E-state index contributed by atoms with van der Waals surface area (Å²) in [5, 5.41) is 0. The minimum Gasteiger partial charge on any atom is -0.266 e. The smallest absolute Gasteiger partial charge is 0.266 e. The van der Waals surface area contributed by atoms with Gasteiger partial charge in [0.15, 0.2) is 0 Å². The number of carbonyl (C=O) groups excluding carboxylic acids is 2. The number of carbonyl (C=O) groups is 2. The molecular weight excluding hydrogens is 284 g/mol. The molecule has 0 atom stereocenters. The van der Waals surface area contributed by atoms with E-state index in [-0.39, 0.29) is 0 Å². The van der Waals surface area contributed by atoms with Gasteiger partial charge in [0, 0.05) is 0 Å². The molecule has 0 radical (unpaired) electrons. The van der Waals surface area contributed by atoms with Crippen LogP contribution in [0.4, 0.5) is 35.1 Å². The second kappa shape index (κ2) is 5.35. The molecule has 0 bridgehead atoms. The number of nitrogens with one attached hydrogen (secondary N) is 2. The first-order valence-electron chi connectivity index (χ1n) is 3.86. The number of hydrazine groups is 1. The molecule has 0 aliphatic rings. The molecule has 0 heterocycles. The molecule has 0 fully saturated rings. The molecule has 0 aliphatic heterocycles. The first-order valence-corrected chi connectivity index (χ1v) is 3.86. The van der Waals surface area contributed by atoms with Gasteiger partial charge in [-0.05, 0) is 0 Å². The van der Waals surface area contributed by atoms with Gasteiger partial charge in [-0.25, -0.2) is 17.6 Å². The van der Waals surface area contributed by atoms with E-state index in [2.05, 4.69) is 0 Å². The summed E-state index contributed by atoms with van der Waals surface area (Å²) in [7, 11) is 0. The molecule has 2 amide bonds. The second-order valence-corrected chi connectivity index (χ2v) is 2.76. The summed E-state index contributed by atoms with van der Waals surface area (Å²) in [4.78, 5) is 20.6. The van der Waals surface area contributed by atoms with Crippen LogP contribution in [0.3, 0.4) is 0 Å². The predicted octanol–water partition coefficient (Wildman–Crippen LogP) is 0.935. The maximum Gasteiger partial charge on any atom is 0.385 e. The number of amides is 2. The van der Waals surface area contributed by atoms with Gasteiger partial charge >= 0.3 is 36.5 Å². The van der Waals surface area contributed by atoms with Crippen molar-refractivity contribution in [1.29, 1.82) is 0 Å². The highest BCUT2D eigenvalue weighted by Crippen LogP contribution is 2.24. The summed E-state index contributed by atoms with van der Waals surface area (Å²) in [6, 6.07) is 0. The van der Waals surface area contributed by atoms with Gasteiger partial charge in [0.2, 0.25) is 0 Å². The van der Waals surface area contributed by atoms with E-state index in [9.17, 15) is 44.7 Å². The fourth-order valence-corrected chi connectivity index (χ4v) is 0.478. The van der Waals surface area contributed by atoms with Crippen LogP contribution in [0.15, 0.2) is 0 Å². The predicted molar refractivity (Wildman–Crippen MR) is 38.2 cm³/mol. The number of hydrogen-bond donors (Lipinski definition) is 2. The van der Waals surface area contributed by atoms with Crippen molar-refractivity contribution < 1.29 is 44.7 Å². The Morgan fingerprint density at radius 2 is 0.944 bits per heavy atom. The second-order valence-electron chi connectivity index (χ2n) is 2.76. The van der Waals surface area contributed by atoms with Crippen molar-refractivity contribution in [3.63, 3.8) is 0 Å². The molecule has 0 aromatic heterocycles. The van der Waals surface area contributed by atoms with Crippen LogP contribution in [0.5, 0.6) is 0 Å². The Labute approximate surface area is 93.3 Å². The average molecular weight is 288 g/mol. The lowest BCUT2D eigenvalue weighted by molar-refractivity contribution is -0.177. The van der Waals surface area contributed by atoms with Crippen molar-refractivity contribution in [1.82, 2.24) is 10.9 Å². The monoisotopic (exact) mass is 288 g/mol. The first-order chi connectivity index (χ1) is 7.94. The zero-order chi connectivity index (χ0) is 14.7. The maximum atomic E-state index is 12.2. The Balaban J connectivity index is 4.53. The van der Waals surface area contributed by atoms with Crippen LogP contribution in [-0.2, 0) is 9.59 Å². The Hall–Kier alpha value is -1.62. The summed E-state index contributed by atoms with van der Waals surface area (Å²) in [5.41, 5.74) is 0.966. The van der Waals surface area contributed by atoms with Crippen LogP contribution in [0, 0.1) is 0 Å². The third kappa shape index (κ3) is 3.43. The Bertz CT molecular complexity index is 300. The van der Waals surface area contributed by atoms with Gasteiger partial charge in [-0.15, -0.1) is 0 Å². The van der Waals surface area contributed by atoms with Crippen molar-refractivity contribution in [2.24, 2.45) is 0 Å². The lowest BCUT2D eigenvalue weighted by Gasteiger charge is -2.18. The SMILES string of the molecule is O=C(NNC(=O)C(F)(F)C(F)F)C(F)(F)C(F)F. The molecule has 0 unspecified atom stereocenters. The zero-order valence-electron chi connectivity index (χ0n) is 7.99. The minimum atomic E-state index is -5.27. The number of alkyl halides is 8. The average Bonchev–Trinajstić information content (AvgIpc) is 2.24. The van der Waals surface area contributed by atoms with Gasteiger partial charge in [-0.2, -0.15) is 17.6 Å². The van der Waals surface area contributed by atoms with Crippen molar-refractivity contribution >= 4 is 11.8 Å². The quantitative estimate of drug-likeness (QED) is 0.597. The highest BCUT2D eigenvalue weighted by atomic mass is 19.3. The number of rotatable bonds is 4. The molecule has 12 heteroatoms. The van der Waals surface area contributed by atoms with E-state index >= 15 is 0 Å². The Kier molecular flexibility index (Phi) is 4.87. The van der Waals surface area contributed by atoms with Crippen molar-refractivity contribution in [2.75, 3.05) is 0 Å². The fourth-order valence-electron chi connectivity index (χ4n) is 0.478. The van der Waals surface area contributed by atoms with Crippen molar-refractivity contribution in [3.05, 3.63) is 0 Å². The van der Waals surface area contributed by atoms with Gasteiger partial charge in [0.05, 0.1) is 0 Å². The largest absolute Gasteiger partial charge is 0.385 e. The van der Waals surface area contributed by atoms with Crippen LogP contribution in [-0.4, -0.2) is 36.5 Å². The van der Waals surface area contributed by atoms with E-state index in [1.54, 1.807) is 0 Å². The van der Waals surface area contributed by atoms with Crippen molar-refractivity contribution in [3.8, 4) is 0 Å². The number of halogens is 8. The van der Waals surface area contributed by atoms with Crippen LogP contribution >= 0.6 is 0 Å². The van der Waals surface area contributed by atoms with Crippen LogP contribution < -0.4 is 10.9 Å². The first kappa shape index (κ1) is 16.4. The van der Waals surface area contributed by atoms with E-state index in [4.69, 9.17) is 0 Å². The molecule has 0 saturated carbocycles. The fraction of sp³-hybridized carbons (Fsp3) is 0.667. The van der Waals surface area contributed by atoms with Gasteiger partial charge in [-0.1, -0.05) is 0 Å². The minimum absolute atomic E-state index is 0.483. The van der Waals surface area contributed by atoms with E-state index in [0.717, 1.165) is 0 Å². The molecule has 0 aromatic carbocycles. The topological polar surface area (TPSA) is 58.2 Å². The van der Waals surface area contributed by atoms with E-state index in [1.165, 1.54) is 0 Å². The van der Waals surface area contributed by atoms with E-state index in [0.29, 0.717) is 10.9 Å². The molecule has 0 aliphatic carbocycles. The van der Waals surface area contributed by atoms with Crippen molar-refractivity contribution in [2.45, 2.75) is 24.7 Å². The molecular formula is C6H4F8N2O2. The highest BCUT2D eigenvalue weighted by Gasteiger charge is 2.52. The van der Waals surface area contributed by atoms with Gasteiger partial charge < -0.3 is 0 Å². The van der Waals surface area contributed by atoms with Gasteiger partial charge in [0.25, 0.3) is 0 Å². The normalized spacial score (nSPS) is 12.8. The highest BCUT2D eigenvalue weighted by molar-refractivity contribution is 5.89. The molecule has 0 spiro atoms. The lowest BCUT2D eigenvalue weighted by atomic mass is 10.3. The molecule has 4 nitrogen and oxygen atoms in total.